The van der Waals surface area contributed by atoms with Crippen LogP contribution < -0.4 is 5.32 Å². The van der Waals surface area contributed by atoms with Gasteiger partial charge in [-0.15, -0.1) is 0 Å². The summed E-state index contributed by atoms with van der Waals surface area (Å²) in [4.78, 5) is 30.2. The Balaban J connectivity index is 2.08. The van der Waals surface area contributed by atoms with Gasteiger partial charge in [-0.1, -0.05) is 0 Å². The predicted octanol–water partition coefficient (Wildman–Crippen LogP) is 2.08. The van der Waals surface area contributed by atoms with Crippen LogP contribution in [0.5, 0.6) is 0 Å². The van der Waals surface area contributed by atoms with Crippen LogP contribution in [0.2, 0.25) is 0 Å². The Morgan fingerprint density at radius 3 is 2.82 bits per heavy atom. The summed E-state index contributed by atoms with van der Waals surface area (Å²) >= 11 is 0. The molecule has 0 saturated heterocycles. The van der Waals surface area contributed by atoms with Gasteiger partial charge in [-0.3, -0.25) is 0 Å². The van der Waals surface area contributed by atoms with Crippen molar-refractivity contribution in [1.82, 2.24) is 15.3 Å². The molecule has 0 bridgehead atoms. The van der Waals surface area contributed by atoms with Crippen molar-refractivity contribution >= 4 is 23.1 Å². The Bertz CT molecular complexity index is 687. The number of carbonyl (C=O) groups excluding carboxylic acids is 1. The van der Waals surface area contributed by atoms with Crippen LogP contribution in [-0.2, 0) is 16.0 Å². The standard InChI is InChI=1S/C15H19N3O4/c1-15(2,3)22-14(21)18-11(13(19)20)7-9-6-10-4-5-16-12(10)17-8-9/h4-6,8,11H,7H2,1-3H3,(H,16,17)(H,18,21)(H,19,20). The average molecular weight is 305 g/mol. The fourth-order valence-corrected chi connectivity index (χ4v) is 1.98. The minimum atomic E-state index is -1.12. The van der Waals surface area contributed by atoms with Crippen molar-refractivity contribution in [3.05, 3.63) is 30.1 Å². The van der Waals surface area contributed by atoms with Crippen molar-refractivity contribution in [2.24, 2.45) is 0 Å². The number of aromatic nitrogens is 2. The fourth-order valence-electron chi connectivity index (χ4n) is 1.98. The molecule has 1 atom stereocenters. The first-order valence-electron chi connectivity index (χ1n) is 6.89. The number of pyridine rings is 1. The zero-order valence-corrected chi connectivity index (χ0v) is 12.7. The summed E-state index contributed by atoms with van der Waals surface area (Å²) in [7, 11) is 0. The zero-order chi connectivity index (χ0) is 16.3. The Morgan fingerprint density at radius 2 is 2.18 bits per heavy atom. The minimum Gasteiger partial charge on any atom is -0.480 e. The van der Waals surface area contributed by atoms with Crippen molar-refractivity contribution in [3.63, 3.8) is 0 Å². The number of aliphatic carboxylic acids is 1. The third-order valence-electron chi connectivity index (χ3n) is 2.89. The largest absolute Gasteiger partial charge is 0.480 e. The number of nitrogens with zero attached hydrogens (tertiary/aromatic N) is 1. The highest BCUT2D eigenvalue weighted by atomic mass is 16.6. The topological polar surface area (TPSA) is 104 Å². The molecule has 7 heteroatoms. The summed E-state index contributed by atoms with van der Waals surface area (Å²) in [6.07, 6.45) is 2.72. The van der Waals surface area contributed by atoms with E-state index in [-0.39, 0.29) is 6.42 Å². The lowest BCUT2D eigenvalue weighted by atomic mass is 10.1. The molecule has 2 heterocycles. The summed E-state index contributed by atoms with van der Waals surface area (Å²) < 4.78 is 5.08. The molecule has 22 heavy (non-hydrogen) atoms. The number of hydrogen-bond acceptors (Lipinski definition) is 4. The van der Waals surface area contributed by atoms with E-state index < -0.39 is 23.7 Å². The summed E-state index contributed by atoms with van der Waals surface area (Å²) in [5, 5.41) is 12.5. The van der Waals surface area contributed by atoms with Gasteiger partial charge in [0.15, 0.2) is 0 Å². The number of carboxylic acid groups (broad SMARTS) is 1. The van der Waals surface area contributed by atoms with Gasteiger partial charge in [0.2, 0.25) is 0 Å². The molecule has 1 amide bonds. The van der Waals surface area contributed by atoms with Crippen molar-refractivity contribution in [1.29, 1.82) is 0 Å². The second-order valence-electron chi connectivity index (χ2n) is 6.00. The number of nitrogens with one attached hydrogen (secondary N) is 2. The third-order valence-corrected chi connectivity index (χ3v) is 2.89. The molecule has 0 radical (unpaired) electrons. The lowest BCUT2D eigenvalue weighted by Crippen LogP contribution is -2.44. The van der Waals surface area contributed by atoms with Gasteiger partial charge in [0, 0.05) is 24.2 Å². The molecule has 0 aliphatic rings. The van der Waals surface area contributed by atoms with Gasteiger partial charge < -0.3 is 20.1 Å². The lowest BCUT2D eigenvalue weighted by Gasteiger charge is -2.22. The van der Waals surface area contributed by atoms with Gasteiger partial charge in [-0.2, -0.15) is 0 Å². The van der Waals surface area contributed by atoms with E-state index in [1.807, 2.05) is 12.1 Å². The number of fused-ring (bicyclic) bond motifs is 1. The zero-order valence-electron chi connectivity index (χ0n) is 12.7. The Kier molecular flexibility index (Phi) is 4.35. The van der Waals surface area contributed by atoms with E-state index in [0.717, 1.165) is 16.6 Å². The second kappa shape index (κ2) is 6.05. The fraction of sp³-hybridized carbons (Fsp3) is 0.400. The number of ether oxygens (including phenoxy) is 1. The van der Waals surface area contributed by atoms with Crippen molar-refractivity contribution in [2.75, 3.05) is 0 Å². The Labute approximate surface area is 127 Å². The van der Waals surface area contributed by atoms with Crippen LogP contribution in [-0.4, -0.2) is 38.8 Å². The lowest BCUT2D eigenvalue weighted by molar-refractivity contribution is -0.139. The average Bonchev–Trinajstić information content (AvgIpc) is 2.82. The molecule has 0 aromatic carbocycles. The normalized spacial score (nSPS) is 12.9. The molecule has 2 rings (SSSR count). The third kappa shape index (κ3) is 4.21. The van der Waals surface area contributed by atoms with E-state index in [1.54, 1.807) is 33.2 Å². The number of aromatic amines is 1. The first-order valence-corrected chi connectivity index (χ1v) is 6.89. The molecule has 1 unspecified atom stereocenters. The molecular weight excluding hydrogens is 286 g/mol. The number of hydrogen-bond donors (Lipinski definition) is 3. The molecule has 3 N–H and O–H groups in total. The predicted molar refractivity (Wildman–Crippen MR) is 80.6 cm³/mol. The molecule has 2 aromatic heterocycles. The molecule has 0 spiro atoms. The first kappa shape index (κ1) is 15.8. The molecule has 118 valence electrons. The van der Waals surface area contributed by atoms with Crippen LogP contribution in [0.25, 0.3) is 11.0 Å². The maximum Gasteiger partial charge on any atom is 0.408 e. The monoisotopic (exact) mass is 305 g/mol. The van der Waals surface area contributed by atoms with Crippen LogP contribution in [0, 0.1) is 0 Å². The van der Waals surface area contributed by atoms with Gasteiger partial charge in [0.25, 0.3) is 0 Å². The Hall–Kier alpha value is -2.57. The van der Waals surface area contributed by atoms with Crippen LogP contribution in [0.4, 0.5) is 4.79 Å². The van der Waals surface area contributed by atoms with Crippen molar-refractivity contribution < 1.29 is 19.4 Å². The summed E-state index contributed by atoms with van der Waals surface area (Å²) in [6.45, 7) is 5.14. The number of amides is 1. The highest BCUT2D eigenvalue weighted by Crippen LogP contribution is 2.13. The number of carboxylic acids is 1. The SMILES string of the molecule is CC(C)(C)OC(=O)NC(Cc1cnc2[nH]ccc2c1)C(=O)O. The molecule has 0 saturated carbocycles. The van der Waals surface area contributed by atoms with Crippen LogP contribution in [0.15, 0.2) is 24.5 Å². The van der Waals surface area contributed by atoms with E-state index in [4.69, 9.17) is 4.74 Å². The highest BCUT2D eigenvalue weighted by Gasteiger charge is 2.24. The molecule has 2 aromatic rings. The number of alkyl carbamates (subject to hydrolysis) is 1. The highest BCUT2D eigenvalue weighted by molar-refractivity contribution is 5.81. The van der Waals surface area contributed by atoms with Gasteiger partial charge in [0.1, 0.15) is 17.3 Å². The number of carbonyl (C=O) groups is 2. The maximum absolute atomic E-state index is 11.7. The van der Waals surface area contributed by atoms with Crippen LogP contribution in [0.3, 0.4) is 0 Å². The number of H-pyrrole nitrogens is 1. The summed E-state index contributed by atoms with van der Waals surface area (Å²) in [5.41, 5.74) is 0.768. The van der Waals surface area contributed by atoms with Gasteiger partial charge in [-0.05, 0) is 38.5 Å². The summed E-state index contributed by atoms with van der Waals surface area (Å²) in [5.74, 6) is -1.12. The quantitative estimate of drug-likeness (QED) is 0.802. The molecular formula is C15H19N3O4. The molecule has 0 aliphatic carbocycles. The van der Waals surface area contributed by atoms with Crippen LogP contribution in [0.1, 0.15) is 26.3 Å². The molecule has 0 fully saturated rings. The van der Waals surface area contributed by atoms with Gasteiger partial charge in [-0.25, -0.2) is 14.6 Å². The first-order chi connectivity index (χ1) is 10.2. The minimum absolute atomic E-state index is 0.128. The smallest absolute Gasteiger partial charge is 0.408 e. The molecule has 0 aliphatic heterocycles. The van der Waals surface area contributed by atoms with E-state index in [0.29, 0.717) is 0 Å². The molecule has 7 nitrogen and oxygen atoms in total. The van der Waals surface area contributed by atoms with Crippen LogP contribution >= 0.6 is 0 Å². The maximum atomic E-state index is 11.7. The van der Waals surface area contributed by atoms with Gasteiger partial charge in [0.05, 0.1) is 0 Å². The van der Waals surface area contributed by atoms with E-state index in [1.165, 1.54) is 0 Å². The van der Waals surface area contributed by atoms with E-state index >= 15 is 0 Å². The number of rotatable bonds is 4. The van der Waals surface area contributed by atoms with E-state index in [9.17, 15) is 14.7 Å². The summed E-state index contributed by atoms with van der Waals surface area (Å²) in [6, 6.07) is 2.61. The van der Waals surface area contributed by atoms with Crippen molar-refractivity contribution in [3.8, 4) is 0 Å². The van der Waals surface area contributed by atoms with Gasteiger partial charge >= 0.3 is 12.1 Å². The van der Waals surface area contributed by atoms with Crippen molar-refractivity contribution in [2.45, 2.75) is 38.8 Å². The Morgan fingerprint density at radius 1 is 1.45 bits per heavy atom. The van der Waals surface area contributed by atoms with E-state index in [2.05, 4.69) is 15.3 Å². The second-order valence-corrected chi connectivity index (χ2v) is 6.00.